The van der Waals surface area contributed by atoms with Crippen molar-refractivity contribution in [1.82, 2.24) is 19.2 Å². The molecule has 0 unspecified atom stereocenters. The summed E-state index contributed by atoms with van der Waals surface area (Å²) >= 11 is 0. The standard InChI is InChI=1S/C21H20N6O/c22-12-15-13-26-19(6-3-7-20(26)24-15)23-14-8-10-16(11-9-14)27-21(28)17-4-1-2-5-18(17)25-27/h1-7,13-14,16,23,25H,8-11H2. The SMILES string of the molecule is N#Cc1cn2c(NC3CCC(n4[nH]c5ccccc5c4=O)CC3)cccc2n1. The average Bonchev–Trinajstić information content (AvgIpc) is 3.31. The lowest BCUT2D eigenvalue weighted by atomic mass is 9.91. The first-order valence-corrected chi connectivity index (χ1v) is 9.57. The number of hydrogen-bond donors (Lipinski definition) is 2. The van der Waals surface area contributed by atoms with E-state index in [9.17, 15) is 4.79 Å². The number of aromatic amines is 1. The number of para-hydroxylation sites is 1. The van der Waals surface area contributed by atoms with E-state index in [1.165, 1.54) is 0 Å². The fourth-order valence-electron chi connectivity index (χ4n) is 4.20. The average molecular weight is 372 g/mol. The molecule has 3 heterocycles. The number of rotatable bonds is 3. The second kappa shape index (κ2) is 6.57. The Hall–Kier alpha value is -3.53. The first-order valence-electron chi connectivity index (χ1n) is 9.57. The summed E-state index contributed by atoms with van der Waals surface area (Å²) in [6.45, 7) is 0. The number of benzene rings is 1. The Balaban J connectivity index is 1.32. The van der Waals surface area contributed by atoms with Crippen LogP contribution < -0.4 is 10.9 Å². The molecule has 28 heavy (non-hydrogen) atoms. The molecular formula is C21H20N6O. The highest BCUT2D eigenvalue weighted by molar-refractivity contribution is 5.77. The first kappa shape index (κ1) is 16.6. The maximum Gasteiger partial charge on any atom is 0.274 e. The van der Waals surface area contributed by atoms with E-state index in [1.807, 2.05) is 46.9 Å². The summed E-state index contributed by atoms with van der Waals surface area (Å²) in [5.74, 6) is 0.942. The van der Waals surface area contributed by atoms with Gasteiger partial charge in [-0.3, -0.25) is 14.3 Å². The molecule has 140 valence electrons. The molecule has 1 aliphatic rings. The van der Waals surface area contributed by atoms with Gasteiger partial charge in [-0.1, -0.05) is 18.2 Å². The van der Waals surface area contributed by atoms with Gasteiger partial charge in [0.1, 0.15) is 17.5 Å². The zero-order valence-corrected chi connectivity index (χ0v) is 15.3. The molecule has 7 nitrogen and oxygen atoms in total. The number of pyridine rings is 1. The molecule has 1 saturated carbocycles. The molecule has 2 N–H and O–H groups in total. The molecular weight excluding hydrogens is 352 g/mol. The van der Waals surface area contributed by atoms with Gasteiger partial charge in [-0.25, -0.2) is 9.67 Å². The van der Waals surface area contributed by atoms with Crippen LogP contribution in [0, 0.1) is 11.3 Å². The summed E-state index contributed by atoms with van der Waals surface area (Å²) < 4.78 is 3.73. The van der Waals surface area contributed by atoms with Crippen molar-refractivity contribution in [3.05, 3.63) is 64.7 Å². The highest BCUT2D eigenvalue weighted by atomic mass is 16.1. The third-order valence-electron chi connectivity index (χ3n) is 5.64. The van der Waals surface area contributed by atoms with Crippen molar-refractivity contribution in [2.24, 2.45) is 0 Å². The largest absolute Gasteiger partial charge is 0.368 e. The van der Waals surface area contributed by atoms with Crippen LogP contribution in [0.5, 0.6) is 0 Å². The number of nitriles is 1. The van der Waals surface area contributed by atoms with Crippen LogP contribution in [-0.4, -0.2) is 25.2 Å². The fraction of sp³-hybridized carbons (Fsp3) is 0.286. The molecule has 3 aromatic heterocycles. The molecule has 7 heteroatoms. The van der Waals surface area contributed by atoms with Crippen molar-refractivity contribution >= 4 is 22.4 Å². The summed E-state index contributed by atoms with van der Waals surface area (Å²) in [5.41, 5.74) is 2.14. The Kier molecular flexibility index (Phi) is 3.90. The van der Waals surface area contributed by atoms with E-state index in [2.05, 4.69) is 21.5 Å². The van der Waals surface area contributed by atoms with Crippen molar-refractivity contribution in [3.63, 3.8) is 0 Å². The van der Waals surface area contributed by atoms with Crippen LogP contribution in [0.4, 0.5) is 5.82 Å². The highest BCUT2D eigenvalue weighted by Crippen LogP contribution is 2.29. The van der Waals surface area contributed by atoms with Crippen LogP contribution in [0.3, 0.4) is 0 Å². The van der Waals surface area contributed by atoms with E-state index in [0.717, 1.165) is 48.1 Å². The van der Waals surface area contributed by atoms with Crippen molar-refractivity contribution in [2.75, 3.05) is 5.32 Å². The van der Waals surface area contributed by atoms with Gasteiger partial charge in [-0.2, -0.15) is 5.26 Å². The molecule has 1 aliphatic carbocycles. The van der Waals surface area contributed by atoms with Crippen LogP contribution in [0.1, 0.15) is 37.4 Å². The predicted octanol–water partition coefficient (Wildman–Crippen LogP) is 3.44. The van der Waals surface area contributed by atoms with Crippen LogP contribution in [0.15, 0.2) is 53.5 Å². The molecule has 1 aromatic carbocycles. The van der Waals surface area contributed by atoms with E-state index in [0.29, 0.717) is 11.7 Å². The number of nitrogens with one attached hydrogen (secondary N) is 2. The Morgan fingerprint density at radius 2 is 1.93 bits per heavy atom. The summed E-state index contributed by atoms with van der Waals surface area (Å²) in [7, 11) is 0. The Morgan fingerprint density at radius 1 is 1.11 bits per heavy atom. The maximum absolute atomic E-state index is 12.7. The zero-order valence-electron chi connectivity index (χ0n) is 15.3. The van der Waals surface area contributed by atoms with Gasteiger partial charge in [0.05, 0.1) is 16.9 Å². The van der Waals surface area contributed by atoms with Gasteiger partial charge in [-0.05, 0) is 49.9 Å². The maximum atomic E-state index is 12.7. The lowest BCUT2D eigenvalue weighted by Crippen LogP contribution is -2.31. The molecule has 0 aliphatic heterocycles. The smallest absolute Gasteiger partial charge is 0.274 e. The van der Waals surface area contributed by atoms with Gasteiger partial charge >= 0.3 is 0 Å². The first-order chi connectivity index (χ1) is 13.7. The lowest BCUT2D eigenvalue weighted by Gasteiger charge is -2.30. The van der Waals surface area contributed by atoms with Crippen LogP contribution in [0.2, 0.25) is 0 Å². The topological polar surface area (TPSA) is 90.9 Å². The van der Waals surface area contributed by atoms with Crippen LogP contribution in [-0.2, 0) is 0 Å². The second-order valence-corrected chi connectivity index (χ2v) is 7.36. The Labute approximate surface area is 161 Å². The number of H-pyrrole nitrogens is 1. The van der Waals surface area contributed by atoms with Crippen molar-refractivity contribution in [1.29, 1.82) is 5.26 Å². The highest BCUT2D eigenvalue weighted by Gasteiger charge is 2.25. The van der Waals surface area contributed by atoms with E-state index >= 15 is 0 Å². The predicted molar refractivity (Wildman–Crippen MR) is 107 cm³/mol. The van der Waals surface area contributed by atoms with Gasteiger partial charge in [0.2, 0.25) is 0 Å². The summed E-state index contributed by atoms with van der Waals surface area (Å²) in [5, 5.41) is 16.7. The van der Waals surface area contributed by atoms with Gasteiger partial charge < -0.3 is 5.32 Å². The van der Waals surface area contributed by atoms with E-state index in [-0.39, 0.29) is 11.6 Å². The molecule has 0 atom stereocenters. The molecule has 0 spiro atoms. The van der Waals surface area contributed by atoms with Crippen molar-refractivity contribution in [2.45, 2.75) is 37.8 Å². The van der Waals surface area contributed by atoms with Gasteiger partial charge in [-0.15, -0.1) is 0 Å². The summed E-state index contributed by atoms with van der Waals surface area (Å²) in [6, 6.07) is 16.1. The second-order valence-electron chi connectivity index (χ2n) is 7.36. The van der Waals surface area contributed by atoms with Crippen molar-refractivity contribution in [3.8, 4) is 6.07 Å². The molecule has 1 fully saturated rings. The zero-order chi connectivity index (χ0) is 19.1. The molecule has 5 rings (SSSR count). The number of fused-ring (bicyclic) bond motifs is 2. The third-order valence-corrected chi connectivity index (χ3v) is 5.64. The number of nitrogens with zero attached hydrogens (tertiary/aromatic N) is 4. The third kappa shape index (κ3) is 2.74. The molecule has 0 radical (unpaired) electrons. The molecule has 4 aromatic rings. The Morgan fingerprint density at radius 3 is 2.71 bits per heavy atom. The number of hydrogen-bond acceptors (Lipinski definition) is 4. The fourth-order valence-corrected chi connectivity index (χ4v) is 4.20. The lowest BCUT2D eigenvalue weighted by molar-refractivity contribution is 0.309. The van der Waals surface area contributed by atoms with E-state index < -0.39 is 0 Å². The summed E-state index contributed by atoms with van der Waals surface area (Å²) in [6.07, 6.45) is 5.58. The van der Waals surface area contributed by atoms with Gasteiger partial charge in [0, 0.05) is 12.2 Å². The van der Waals surface area contributed by atoms with Gasteiger partial charge in [0.25, 0.3) is 5.56 Å². The minimum Gasteiger partial charge on any atom is -0.368 e. The minimum absolute atomic E-state index is 0.0687. The molecule has 0 bridgehead atoms. The number of anilines is 1. The number of imidazole rings is 1. The van der Waals surface area contributed by atoms with E-state index in [1.54, 1.807) is 10.9 Å². The normalized spacial score (nSPS) is 19.7. The van der Waals surface area contributed by atoms with Crippen molar-refractivity contribution < 1.29 is 0 Å². The number of aromatic nitrogens is 4. The van der Waals surface area contributed by atoms with Crippen LogP contribution >= 0.6 is 0 Å². The quantitative estimate of drug-likeness (QED) is 0.576. The Bertz CT molecular complexity index is 1250. The minimum atomic E-state index is 0.0687. The summed E-state index contributed by atoms with van der Waals surface area (Å²) in [4.78, 5) is 16.9. The monoisotopic (exact) mass is 372 g/mol. The molecule has 0 amide bonds. The van der Waals surface area contributed by atoms with Crippen LogP contribution in [0.25, 0.3) is 16.6 Å². The molecule has 0 saturated heterocycles. The van der Waals surface area contributed by atoms with Gasteiger partial charge in [0.15, 0.2) is 5.69 Å². The van der Waals surface area contributed by atoms with E-state index in [4.69, 9.17) is 5.26 Å².